The van der Waals surface area contributed by atoms with Gasteiger partial charge in [-0.05, 0) is 23.8 Å². The Bertz CT molecular complexity index is 469. The van der Waals surface area contributed by atoms with E-state index in [1.165, 1.54) is 12.1 Å². The molecule has 1 aromatic rings. The molecule has 0 spiro atoms. The molecular formula is C14H17NO4. The van der Waals surface area contributed by atoms with Gasteiger partial charge in [0.15, 0.2) is 6.29 Å². The summed E-state index contributed by atoms with van der Waals surface area (Å²) in [6.07, 6.45) is 3.31. The van der Waals surface area contributed by atoms with E-state index in [0.29, 0.717) is 13.2 Å². The summed E-state index contributed by atoms with van der Waals surface area (Å²) < 4.78 is 11.1. The summed E-state index contributed by atoms with van der Waals surface area (Å²) in [5, 5.41) is 10.5. The van der Waals surface area contributed by atoms with E-state index in [4.69, 9.17) is 9.47 Å². The molecule has 1 fully saturated rings. The van der Waals surface area contributed by atoms with Crippen LogP contribution >= 0.6 is 0 Å². The lowest BCUT2D eigenvalue weighted by molar-refractivity contribution is -0.384. The average Bonchev–Trinajstić information content (AvgIpc) is 2.38. The molecule has 0 atom stereocenters. The molecule has 0 amide bonds. The molecule has 0 bridgehead atoms. The van der Waals surface area contributed by atoms with Crippen LogP contribution in [0, 0.1) is 15.5 Å². The Morgan fingerprint density at radius 1 is 1.26 bits per heavy atom. The first-order chi connectivity index (χ1) is 8.96. The fourth-order valence-corrected chi connectivity index (χ4v) is 1.71. The van der Waals surface area contributed by atoms with Crippen LogP contribution in [0.5, 0.6) is 0 Å². The zero-order valence-corrected chi connectivity index (χ0v) is 11.0. The van der Waals surface area contributed by atoms with Crippen LogP contribution in [0.3, 0.4) is 0 Å². The summed E-state index contributed by atoms with van der Waals surface area (Å²) in [5.41, 5.74) is 1.02. The average molecular weight is 263 g/mol. The number of benzene rings is 1. The maximum atomic E-state index is 10.5. The van der Waals surface area contributed by atoms with E-state index in [1.54, 1.807) is 12.1 Å². The minimum absolute atomic E-state index is 0.0533. The highest BCUT2D eigenvalue weighted by molar-refractivity contribution is 5.52. The van der Waals surface area contributed by atoms with Crippen LogP contribution in [-0.4, -0.2) is 24.4 Å². The van der Waals surface area contributed by atoms with Crippen molar-refractivity contribution in [1.29, 1.82) is 0 Å². The summed E-state index contributed by atoms with van der Waals surface area (Å²) in [5.74, 6) is 0. The van der Waals surface area contributed by atoms with Crippen molar-refractivity contribution in [3.63, 3.8) is 0 Å². The second-order valence-electron chi connectivity index (χ2n) is 5.36. The third-order valence-corrected chi connectivity index (χ3v) is 2.83. The van der Waals surface area contributed by atoms with E-state index >= 15 is 0 Å². The van der Waals surface area contributed by atoms with Crippen LogP contribution in [0.4, 0.5) is 5.69 Å². The van der Waals surface area contributed by atoms with Gasteiger partial charge in [-0.1, -0.05) is 19.9 Å². The van der Waals surface area contributed by atoms with E-state index in [2.05, 4.69) is 13.8 Å². The lowest BCUT2D eigenvalue weighted by Gasteiger charge is -2.33. The number of rotatable bonds is 3. The topological polar surface area (TPSA) is 61.6 Å². The summed E-state index contributed by atoms with van der Waals surface area (Å²) in [4.78, 5) is 10.1. The highest BCUT2D eigenvalue weighted by Gasteiger charge is 2.26. The standard InChI is InChI=1S/C14H17NO4/c1-14(2)9-18-13(19-10-14)8-5-11-3-6-12(7-4-11)15(16)17/h3-8,13H,9-10H2,1-2H3. The van der Waals surface area contributed by atoms with Crippen molar-refractivity contribution in [1.82, 2.24) is 0 Å². The van der Waals surface area contributed by atoms with Gasteiger partial charge in [0.2, 0.25) is 0 Å². The third kappa shape index (κ3) is 3.87. The Hall–Kier alpha value is -1.72. The molecule has 102 valence electrons. The Morgan fingerprint density at radius 3 is 2.37 bits per heavy atom. The van der Waals surface area contributed by atoms with Gasteiger partial charge in [0.1, 0.15) is 0 Å². The molecule has 0 aromatic heterocycles. The van der Waals surface area contributed by atoms with E-state index in [1.807, 2.05) is 12.2 Å². The second-order valence-corrected chi connectivity index (χ2v) is 5.36. The number of nitro groups is 1. The number of hydrogen-bond donors (Lipinski definition) is 0. The molecule has 19 heavy (non-hydrogen) atoms. The molecule has 0 saturated carbocycles. The zero-order valence-electron chi connectivity index (χ0n) is 11.0. The maximum absolute atomic E-state index is 10.5. The maximum Gasteiger partial charge on any atom is 0.269 e. The molecule has 1 aromatic carbocycles. The minimum Gasteiger partial charge on any atom is -0.348 e. The van der Waals surface area contributed by atoms with Crippen molar-refractivity contribution >= 4 is 11.8 Å². The van der Waals surface area contributed by atoms with Gasteiger partial charge in [-0.15, -0.1) is 0 Å². The van der Waals surface area contributed by atoms with Gasteiger partial charge in [-0.2, -0.15) is 0 Å². The highest BCUT2D eigenvalue weighted by atomic mass is 16.7. The van der Waals surface area contributed by atoms with Crippen molar-refractivity contribution in [3.8, 4) is 0 Å². The summed E-state index contributed by atoms with van der Waals surface area (Å²) in [6, 6.07) is 6.35. The largest absolute Gasteiger partial charge is 0.348 e. The molecule has 0 N–H and O–H groups in total. The van der Waals surface area contributed by atoms with Crippen LogP contribution < -0.4 is 0 Å². The van der Waals surface area contributed by atoms with E-state index in [0.717, 1.165) is 5.56 Å². The molecule has 1 aliphatic rings. The monoisotopic (exact) mass is 263 g/mol. The van der Waals surface area contributed by atoms with Gasteiger partial charge in [0.25, 0.3) is 5.69 Å². The smallest absolute Gasteiger partial charge is 0.269 e. The first kappa shape index (κ1) is 13.7. The number of ether oxygens (including phenoxy) is 2. The van der Waals surface area contributed by atoms with E-state index in [-0.39, 0.29) is 17.4 Å². The SMILES string of the molecule is CC1(C)COC(C=Cc2ccc([N+](=O)[O-])cc2)OC1. The summed E-state index contributed by atoms with van der Waals surface area (Å²) in [6.45, 7) is 5.48. The molecule has 5 nitrogen and oxygen atoms in total. The normalized spacial score (nSPS) is 19.7. The summed E-state index contributed by atoms with van der Waals surface area (Å²) in [7, 11) is 0. The minimum atomic E-state index is -0.414. The summed E-state index contributed by atoms with van der Waals surface area (Å²) >= 11 is 0. The number of nitro benzene ring substituents is 1. The first-order valence-electron chi connectivity index (χ1n) is 6.12. The number of hydrogen-bond acceptors (Lipinski definition) is 4. The molecule has 2 rings (SSSR count). The molecule has 1 aliphatic heterocycles. The van der Waals surface area contributed by atoms with Gasteiger partial charge in [0.05, 0.1) is 18.1 Å². The van der Waals surface area contributed by atoms with Crippen molar-refractivity contribution in [2.75, 3.05) is 13.2 Å². The Labute approximate surface area is 112 Å². The lowest BCUT2D eigenvalue weighted by atomic mass is 9.96. The van der Waals surface area contributed by atoms with Gasteiger partial charge in [-0.3, -0.25) is 10.1 Å². The quantitative estimate of drug-likeness (QED) is 0.621. The van der Waals surface area contributed by atoms with E-state index < -0.39 is 4.92 Å². The van der Waals surface area contributed by atoms with Gasteiger partial charge >= 0.3 is 0 Å². The second kappa shape index (κ2) is 5.50. The van der Waals surface area contributed by atoms with E-state index in [9.17, 15) is 10.1 Å². The number of nitrogens with zero attached hydrogens (tertiary/aromatic N) is 1. The molecule has 1 saturated heterocycles. The van der Waals surface area contributed by atoms with Crippen LogP contribution in [0.2, 0.25) is 0 Å². The fourth-order valence-electron chi connectivity index (χ4n) is 1.71. The Kier molecular flexibility index (Phi) is 3.97. The van der Waals surface area contributed by atoms with Crippen molar-refractivity contribution < 1.29 is 14.4 Å². The fraction of sp³-hybridized carbons (Fsp3) is 0.429. The Morgan fingerprint density at radius 2 is 1.84 bits per heavy atom. The molecule has 1 heterocycles. The molecular weight excluding hydrogens is 246 g/mol. The van der Waals surface area contributed by atoms with Gasteiger partial charge in [-0.25, -0.2) is 0 Å². The van der Waals surface area contributed by atoms with Crippen LogP contribution in [0.25, 0.3) is 6.08 Å². The highest BCUT2D eigenvalue weighted by Crippen LogP contribution is 2.23. The van der Waals surface area contributed by atoms with Crippen molar-refractivity contribution in [2.45, 2.75) is 20.1 Å². The molecule has 0 unspecified atom stereocenters. The van der Waals surface area contributed by atoms with Crippen LogP contribution in [-0.2, 0) is 9.47 Å². The third-order valence-electron chi connectivity index (χ3n) is 2.83. The predicted octanol–water partition coefficient (Wildman–Crippen LogP) is 3.01. The molecule has 0 aliphatic carbocycles. The molecule has 5 heteroatoms. The van der Waals surface area contributed by atoms with Crippen molar-refractivity contribution in [3.05, 3.63) is 46.0 Å². The number of non-ortho nitro benzene ring substituents is 1. The van der Waals surface area contributed by atoms with Crippen LogP contribution in [0.1, 0.15) is 19.4 Å². The van der Waals surface area contributed by atoms with Crippen molar-refractivity contribution in [2.24, 2.45) is 5.41 Å². The van der Waals surface area contributed by atoms with Crippen LogP contribution in [0.15, 0.2) is 30.3 Å². The van der Waals surface area contributed by atoms with Gasteiger partial charge in [0, 0.05) is 17.5 Å². The Balaban J connectivity index is 1.94. The zero-order chi connectivity index (χ0) is 13.9. The predicted molar refractivity (Wildman–Crippen MR) is 71.6 cm³/mol. The lowest BCUT2D eigenvalue weighted by Crippen LogP contribution is -2.36. The molecule has 0 radical (unpaired) electrons. The first-order valence-corrected chi connectivity index (χ1v) is 6.12. The van der Waals surface area contributed by atoms with Gasteiger partial charge < -0.3 is 9.47 Å².